The predicted octanol–water partition coefficient (Wildman–Crippen LogP) is 3.22. The third kappa shape index (κ3) is 2.70. The van der Waals surface area contributed by atoms with Gasteiger partial charge in [-0.1, -0.05) is 12.1 Å². The van der Waals surface area contributed by atoms with Crippen LogP contribution in [0.1, 0.15) is 21.5 Å². The van der Waals surface area contributed by atoms with E-state index in [1.54, 1.807) is 7.11 Å². The van der Waals surface area contributed by atoms with Crippen LogP contribution in [0.15, 0.2) is 36.4 Å². The third-order valence-corrected chi connectivity index (χ3v) is 3.69. The molecule has 0 saturated heterocycles. The minimum Gasteiger partial charge on any atom is -0.495 e. The number of carbonyl (C=O) groups is 1. The number of benzene rings is 2. The first kappa shape index (κ1) is 13.5. The standard InChI is InChI=1S/C17H18N2O2/c1-11-3-6-14(16(9-11)21-2)19-17(20)13-5-4-12-7-8-18-15(12)10-13/h3-6,9-10,18H,7-8H2,1-2H3,(H,19,20). The maximum Gasteiger partial charge on any atom is 0.255 e. The lowest BCUT2D eigenvalue weighted by molar-refractivity contribution is 0.102. The molecular weight excluding hydrogens is 264 g/mol. The van der Waals surface area contributed by atoms with Crippen LogP contribution in [0, 0.1) is 6.92 Å². The van der Waals surface area contributed by atoms with Crippen LogP contribution in [0.25, 0.3) is 0 Å². The van der Waals surface area contributed by atoms with Crippen LogP contribution in [0.3, 0.4) is 0 Å². The Bertz CT molecular complexity index is 695. The van der Waals surface area contributed by atoms with E-state index in [-0.39, 0.29) is 5.91 Å². The molecule has 1 amide bonds. The van der Waals surface area contributed by atoms with Crippen molar-refractivity contribution in [3.63, 3.8) is 0 Å². The first-order valence-electron chi connectivity index (χ1n) is 7.00. The number of anilines is 2. The van der Waals surface area contributed by atoms with Crippen molar-refractivity contribution >= 4 is 17.3 Å². The minimum atomic E-state index is -0.131. The molecule has 0 bridgehead atoms. The van der Waals surface area contributed by atoms with Gasteiger partial charge in [0.15, 0.2) is 0 Å². The quantitative estimate of drug-likeness (QED) is 0.908. The van der Waals surface area contributed by atoms with Crippen LogP contribution in [0.2, 0.25) is 0 Å². The van der Waals surface area contributed by atoms with Gasteiger partial charge in [-0.05, 0) is 48.7 Å². The smallest absolute Gasteiger partial charge is 0.255 e. The lowest BCUT2D eigenvalue weighted by Gasteiger charge is -2.11. The first-order chi connectivity index (χ1) is 10.2. The molecule has 1 aliphatic heterocycles. The molecule has 0 aromatic heterocycles. The number of hydrogen-bond acceptors (Lipinski definition) is 3. The highest BCUT2D eigenvalue weighted by molar-refractivity contribution is 6.05. The Hall–Kier alpha value is -2.49. The molecule has 3 rings (SSSR count). The topological polar surface area (TPSA) is 50.4 Å². The van der Waals surface area contributed by atoms with E-state index in [0.717, 1.165) is 24.2 Å². The van der Waals surface area contributed by atoms with E-state index in [2.05, 4.69) is 10.6 Å². The molecule has 0 radical (unpaired) electrons. The van der Waals surface area contributed by atoms with Crippen LogP contribution >= 0.6 is 0 Å². The second kappa shape index (κ2) is 5.48. The molecule has 2 aromatic carbocycles. The lowest BCUT2D eigenvalue weighted by Crippen LogP contribution is -2.13. The van der Waals surface area contributed by atoms with Crippen molar-refractivity contribution in [1.29, 1.82) is 0 Å². The van der Waals surface area contributed by atoms with Crippen LogP contribution in [-0.2, 0) is 6.42 Å². The van der Waals surface area contributed by atoms with Gasteiger partial charge in [0.1, 0.15) is 5.75 Å². The molecule has 0 unspecified atom stereocenters. The normalized spacial score (nSPS) is 12.5. The Balaban J connectivity index is 1.83. The van der Waals surface area contributed by atoms with Crippen LogP contribution < -0.4 is 15.4 Å². The fourth-order valence-electron chi connectivity index (χ4n) is 2.53. The number of rotatable bonds is 3. The molecule has 1 aliphatic rings. The summed E-state index contributed by atoms with van der Waals surface area (Å²) in [5.41, 5.74) is 4.73. The van der Waals surface area contributed by atoms with Crippen LogP contribution in [-0.4, -0.2) is 19.6 Å². The molecule has 21 heavy (non-hydrogen) atoms. The van der Waals surface area contributed by atoms with Gasteiger partial charge in [0.2, 0.25) is 0 Å². The highest BCUT2D eigenvalue weighted by atomic mass is 16.5. The average Bonchev–Trinajstić information content (AvgIpc) is 2.96. The predicted molar refractivity (Wildman–Crippen MR) is 84.3 cm³/mol. The van der Waals surface area contributed by atoms with Gasteiger partial charge in [0.05, 0.1) is 12.8 Å². The zero-order valence-electron chi connectivity index (χ0n) is 12.2. The second-order valence-corrected chi connectivity index (χ2v) is 5.21. The van der Waals surface area contributed by atoms with Gasteiger partial charge >= 0.3 is 0 Å². The summed E-state index contributed by atoms with van der Waals surface area (Å²) in [4.78, 5) is 12.4. The number of carbonyl (C=O) groups excluding carboxylic acids is 1. The molecule has 0 fully saturated rings. The van der Waals surface area contributed by atoms with Gasteiger partial charge in [-0.25, -0.2) is 0 Å². The van der Waals surface area contributed by atoms with Gasteiger partial charge in [-0.15, -0.1) is 0 Å². The first-order valence-corrected chi connectivity index (χ1v) is 7.00. The Morgan fingerprint density at radius 2 is 2.10 bits per heavy atom. The number of ether oxygens (including phenoxy) is 1. The largest absolute Gasteiger partial charge is 0.495 e. The molecule has 2 N–H and O–H groups in total. The van der Waals surface area contributed by atoms with Crippen molar-refractivity contribution in [3.8, 4) is 5.75 Å². The molecule has 1 heterocycles. The van der Waals surface area contributed by atoms with Crippen molar-refractivity contribution in [2.75, 3.05) is 24.3 Å². The molecule has 0 saturated carbocycles. The fourth-order valence-corrected chi connectivity index (χ4v) is 2.53. The Morgan fingerprint density at radius 3 is 2.90 bits per heavy atom. The van der Waals surface area contributed by atoms with E-state index < -0.39 is 0 Å². The number of aryl methyl sites for hydroxylation is 1. The van der Waals surface area contributed by atoms with Crippen LogP contribution in [0.5, 0.6) is 5.75 Å². The molecule has 0 atom stereocenters. The summed E-state index contributed by atoms with van der Waals surface area (Å²) in [6.45, 7) is 2.92. The fraction of sp³-hybridized carbons (Fsp3) is 0.235. The SMILES string of the molecule is COc1cc(C)ccc1NC(=O)c1ccc2c(c1)NCC2. The number of nitrogens with one attached hydrogen (secondary N) is 2. The van der Waals surface area contributed by atoms with E-state index in [0.29, 0.717) is 17.0 Å². The molecular formula is C17H18N2O2. The molecule has 0 spiro atoms. The monoisotopic (exact) mass is 282 g/mol. The maximum atomic E-state index is 12.4. The van der Waals surface area contributed by atoms with Crippen molar-refractivity contribution in [2.24, 2.45) is 0 Å². The summed E-state index contributed by atoms with van der Waals surface area (Å²) in [5, 5.41) is 6.19. The second-order valence-electron chi connectivity index (χ2n) is 5.21. The Kier molecular flexibility index (Phi) is 3.52. The zero-order chi connectivity index (χ0) is 14.8. The summed E-state index contributed by atoms with van der Waals surface area (Å²) >= 11 is 0. The Labute approximate surface area is 124 Å². The third-order valence-electron chi connectivity index (χ3n) is 3.69. The Morgan fingerprint density at radius 1 is 1.24 bits per heavy atom. The number of amides is 1. The number of fused-ring (bicyclic) bond motifs is 1. The van der Waals surface area contributed by atoms with Gasteiger partial charge < -0.3 is 15.4 Å². The summed E-state index contributed by atoms with van der Waals surface area (Å²) in [5.74, 6) is 0.538. The van der Waals surface area contributed by atoms with Gasteiger partial charge in [0.25, 0.3) is 5.91 Å². The van der Waals surface area contributed by atoms with Crippen LogP contribution in [0.4, 0.5) is 11.4 Å². The maximum absolute atomic E-state index is 12.4. The van der Waals surface area contributed by atoms with Gasteiger partial charge in [0, 0.05) is 17.8 Å². The highest BCUT2D eigenvalue weighted by Crippen LogP contribution is 2.27. The van der Waals surface area contributed by atoms with E-state index >= 15 is 0 Å². The zero-order valence-corrected chi connectivity index (χ0v) is 12.2. The van der Waals surface area contributed by atoms with Crippen molar-refractivity contribution < 1.29 is 9.53 Å². The minimum absolute atomic E-state index is 0.131. The molecule has 108 valence electrons. The number of methoxy groups -OCH3 is 1. The van der Waals surface area contributed by atoms with Crippen molar-refractivity contribution in [2.45, 2.75) is 13.3 Å². The van der Waals surface area contributed by atoms with Gasteiger partial charge in [-0.2, -0.15) is 0 Å². The van der Waals surface area contributed by atoms with Gasteiger partial charge in [-0.3, -0.25) is 4.79 Å². The number of hydrogen-bond donors (Lipinski definition) is 2. The lowest BCUT2D eigenvalue weighted by atomic mass is 10.1. The average molecular weight is 282 g/mol. The molecule has 2 aromatic rings. The summed E-state index contributed by atoms with van der Waals surface area (Å²) < 4.78 is 5.31. The van der Waals surface area contributed by atoms with Crippen molar-refractivity contribution in [3.05, 3.63) is 53.1 Å². The summed E-state index contributed by atoms with van der Waals surface area (Å²) in [6.07, 6.45) is 1.02. The summed E-state index contributed by atoms with van der Waals surface area (Å²) in [7, 11) is 1.60. The van der Waals surface area contributed by atoms with Crippen molar-refractivity contribution in [1.82, 2.24) is 0 Å². The summed E-state index contributed by atoms with van der Waals surface area (Å²) in [6, 6.07) is 11.5. The van der Waals surface area contributed by atoms with E-state index in [1.807, 2.05) is 43.3 Å². The van der Waals surface area contributed by atoms with E-state index in [9.17, 15) is 4.79 Å². The highest BCUT2D eigenvalue weighted by Gasteiger charge is 2.14. The van der Waals surface area contributed by atoms with E-state index in [4.69, 9.17) is 4.74 Å². The van der Waals surface area contributed by atoms with E-state index in [1.165, 1.54) is 5.56 Å². The molecule has 4 nitrogen and oxygen atoms in total. The molecule has 4 heteroatoms. The molecule has 0 aliphatic carbocycles.